The van der Waals surface area contributed by atoms with Crippen LogP contribution in [-0.2, 0) is 0 Å². The lowest BCUT2D eigenvalue weighted by Gasteiger charge is -2.22. The van der Waals surface area contributed by atoms with Crippen LogP contribution >= 0.6 is 0 Å². The molecule has 1 aliphatic rings. The number of tetrazole rings is 1. The second-order valence-corrected chi connectivity index (χ2v) is 5.69. The number of halogens is 2. The molecular weight excluding hydrogens is 318 g/mol. The first-order valence-electron chi connectivity index (χ1n) is 7.62. The lowest BCUT2D eigenvalue weighted by Crippen LogP contribution is -2.33. The van der Waals surface area contributed by atoms with Gasteiger partial charge in [0.15, 0.2) is 5.65 Å². The van der Waals surface area contributed by atoms with Crippen LogP contribution in [0.15, 0.2) is 30.3 Å². The van der Waals surface area contributed by atoms with Crippen LogP contribution < -0.4 is 10.1 Å². The van der Waals surface area contributed by atoms with Crippen LogP contribution in [0.4, 0.5) is 14.6 Å². The molecule has 0 radical (unpaired) electrons. The van der Waals surface area contributed by atoms with Crippen molar-refractivity contribution in [1.82, 2.24) is 25.3 Å². The van der Waals surface area contributed by atoms with Gasteiger partial charge in [0.25, 0.3) is 0 Å². The number of nitrogens with one attached hydrogen (secondary N) is 1. The van der Waals surface area contributed by atoms with Crippen LogP contribution in [0.25, 0.3) is 5.65 Å². The topological polar surface area (TPSA) is 77.2 Å². The Morgan fingerprint density at radius 3 is 2.79 bits per heavy atom. The molecule has 0 amide bonds. The van der Waals surface area contributed by atoms with E-state index in [4.69, 9.17) is 4.74 Å². The Labute approximate surface area is 135 Å². The Bertz CT molecular complexity index is 850. The van der Waals surface area contributed by atoms with E-state index < -0.39 is 11.6 Å². The van der Waals surface area contributed by atoms with Gasteiger partial charge in [-0.15, -0.1) is 14.8 Å². The second kappa shape index (κ2) is 5.99. The smallest absolute Gasteiger partial charge is 0.200 e. The minimum absolute atomic E-state index is 0.0160. The van der Waals surface area contributed by atoms with Gasteiger partial charge in [0.1, 0.15) is 29.3 Å². The standard InChI is InChI=1S/C15H14F2N6O/c16-9-6-10(17)8-11(7-9)24-13-3-1-2-12(13)18-14-4-5-15-19-21-22-23(15)20-14/h4-8,12-13H,1-3H2,(H,18,20)/t12-,13+/m0/s1. The van der Waals surface area contributed by atoms with E-state index >= 15 is 0 Å². The van der Waals surface area contributed by atoms with E-state index in [1.54, 1.807) is 12.1 Å². The molecule has 1 fully saturated rings. The molecule has 7 nitrogen and oxygen atoms in total. The molecular formula is C15H14F2N6O. The van der Waals surface area contributed by atoms with Crippen LogP contribution in [0.1, 0.15) is 19.3 Å². The Kier molecular flexibility index (Phi) is 3.68. The van der Waals surface area contributed by atoms with Crippen LogP contribution in [0, 0.1) is 11.6 Å². The highest BCUT2D eigenvalue weighted by Gasteiger charge is 2.29. The van der Waals surface area contributed by atoms with Crippen LogP contribution in [0.5, 0.6) is 5.75 Å². The number of hydrogen-bond donors (Lipinski definition) is 1. The van der Waals surface area contributed by atoms with Crippen molar-refractivity contribution in [3.8, 4) is 5.75 Å². The highest BCUT2D eigenvalue weighted by molar-refractivity contribution is 5.43. The minimum atomic E-state index is -0.654. The lowest BCUT2D eigenvalue weighted by atomic mass is 10.2. The molecule has 0 aliphatic heterocycles. The van der Waals surface area contributed by atoms with Crippen LogP contribution in [0.2, 0.25) is 0 Å². The van der Waals surface area contributed by atoms with Crippen LogP contribution in [-0.4, -0.2) is 37.4 Å². The maximum absolute atomic E-state index is 13.3. The Morgan fingerprint density at radius 2 is 1.96 bits per heavy atom. The van der Waals surface area contributed by atoms with Gasteiger partial charge in [-0.2, -0.15) is 0 Å². The number of anilines is 1. The molecule has 1 aromatic carbocycles. The van der Waals surface area contributed by atoms with Gasteiger partial charge in [0.2, 0.25) is 0 Å². The van der Waals surface area contributed by atoms with Crippen molar-refractivity contribution in [1.29, 1.82) is 0 Å². The molecule has 0 saturated heterocycles. The summed E-state index contributed by atoms with van der Waals surface area (Å²) in [4.78, 5) is 0. The first-order valence-corrected chi connectivity index (χ1v) is 7.62. The van der Waals surface area contributed by atoms with Crippen molar-refractivity contribution >= 4 is 11.5 Å². The van der Waals surface area contributed by atoms with Crippen molar-refractivity contribution in [2.75, 3.05) is 5.32 Å². The Hall–Kier alpha value is -2.84. The molecule has 2 aromatic heterocycles. The summed E-state index contributed by atoms with van der Waals surface area (Å²) in [6.07, 6.45) is 2.42. The predicted molar refractivity (Wildman–Crippen MR) is 80.6 cm³/mol. The minimum Gasteiger partial charge on any atom is -0.488 e. The Balaban J connectivity index is 1.49. The quantitative estimate of drug-likeness (QED) is 0.789. The van der Waals surface area contributed by atoms with Gasteiger partial charge in [0, 0.05) is 18.2 Å². The third-order valence-electron chi connectivity index (χ3n) is 3.98. The number of ether oxygens (including phenoxy) is 1. The number of hydrogen-bond acceptors (Lipinski definition) is 6. The Morgan fingerprint density at radius 1 is 1.12 bits per heavy atom. The maximum atomic E-state index is 13.3. The third kappa shape index (κ3) is 2.97. The maximum Gasteiger partial charge on any atom is 0.200 e. The van der Waals surface area contributed by atoms with Crippen molar-refractivity contribution in [2.24, 2.45) is 0 Å². The summed E-state index contributed by atoms with van der Waals surface area (Å²) in [5, 5.41) is 18.6. The average molecular weight is 332 g/mol. The fourth-order valence-corrected chi connectivity index (χ4v) is 2.92. The predicted octanol–water partition coefficient (Wildman–Crippen LogP) is 2.21. The summed E-state index contributed by atoms with van der Waals surface area (Å²) >= 11 is 0. The second-order valence-electron chi connectivity index (χ2n) is 5.69. The number of aromatic nitrogens is 5. The first kappa shape index (κ1) is 14.7. The molecule has 3 aromatic rings. The lowest BCUT2D eigenvalue weighted by molar-refractivity contribution is 0.196. The molecule has 0 bridgehead atoms. The van der Waals surface area contributed by atoms with E-state index in [2.05, 4.69) is 25.9 Å². The molecule has 4 rings (SSSR count). The van der Waals surface area contributed by atoms with E-state index in [9.17, 15) is 8.78 Å². The van der Waals surface area contributed by atoms with Gasteiger partial charge in [0.05, 0.1) is 6.04 Å². The SMILES string of the molecule is Fc1cc(F)cc(O[C@@H]2CCC[C@@H]2Nc2ccc3nnnn3n2)c1. The molecule has 0 unspecified atom stereocenters. The number of rotatable bonds is 4. The van der Waals surface area contributed by atoms with Crippen molar-refractivity contribution in [2.45, 2.75) is 31.4 Å². The summed E-state index contributed by atoms with van der Waals surface area (Å²) in [6.45, 7) is 0. The van der Waals surface area contributed by atoms with Gasteiger partial charge in [-0.05, 0) is 41.8 Å². The third-order valence-corrected chi connectivity index (χ3v) is 3.98. The monoisotopic (exact) mass is 332 g/mol. The van der Waals surface area contributed by atoms with Crippen molar-refractivity contribution in [3.63, 3.8) is 0 Å². The number of benzene rings is 1. The highest BCUT2D eigenvalue weighted by Crippen LogP contribution is 2.27. The molecule has 124 valence electrons. The molecule has 1 N–H and O–H groups in total. The first-order chi connectivity index (χ1) is 11.7. The van der Waals surface area contributed by atoms with E-state index in [1.807, 2.05) is 0 Å². The van der Waals surface area contributed by atoms with E-state index in [1.165, 1.54) is 16.8 Å². The zero-order valence-corrected chi connectivity index (χ0v) is 12.6. The summed E-state index contributed by atoms with van der Waals surface area (Å²) in [7, 11) is 0. The average Bonchev–Trinajstić information content (AvgIpc) is 3.15. The number of fused-ring (bicyclic) bond motifs is 1. The highest BCUT2D eigenvalue weighted by atomic mass is 19.1. The van der Waals surface area contributed by atoms with E-state index in [0.717, 1.165) is 25.3 Å². The molecule has 2 heterocycles. The summed E-state index contributed by atoms with van der Waals surface area (Å²) in [5.74, 6) is -0.507. The zero-order valence-electron chi connectivity index (χ0n) is 12.6. The van der Waals surface area contributed by atoms with Gasteiger partial charge in [-0.3, -0.25) is 0 Å². The summed E-state index contributed by atoms with van der Waals surface area (Å²) in [5.41, 5.74) is 0.551. The van der Waals surface area contributed by atoms with Crippen molar-refractivity contribution in [3.05, 3.63) is 42.0 Å². The number of nitrogens with zero attached hydrogens (tertiary/aromatic N) is 5. The van der Waals surface area contributed by atoms with E-state index in [-0.39, 0.29) is 17.9 Å². The molecule has 2 atom stereocenters. The molecule has 0 spiro atoms. The fourth-order valence-electron chi connectivity index (χ4n) is 2.92. The van der Waals surface area contributed by atoms with Crippen molar-refractivity contribution < 1.29 is 13.5 Å². The van der Waals surface area contributed by atoms with Gasteiger partial charge >= 0.3 is 0 Å². The van der Waals surface area contributed by atoms with Gasteiger partial charge in [-0.1, -0.05) is 0 Å². The zero-order chi connectivity index (χ0) is 16.5. The van der Waals surface area contributed by atoms with Gasteiger partial charge in [-0.25, -0.2) is 8.78 Å². The molecule has 1 saturated carbocycles. The van der Waals surface area contributed by atoms with E-state index in [0.29, 0.717) is 11.5 Å². The summed E-state index contributed by atoms with van der Waals surface area (Å²) in [6, 6.07) is 6.71. The summed E-state index contributed by atoms with van der Waals surface area (Å²) < 4.78 is 33.7. The fraction of sp³-hybridized carbons (Fsp3) is 0.333. The normalized spacial score (nSPS) is 20.4. The van der Waals surface area contributed by atoms with Gasteiger partial charge < -0.3 is 10.1 Å². The largest absolute Gasteiger partial charge is 0.488 e. The molecule has 24 heavy (non-hydrogen) atoms. The van der Waals surface area contributed by atoms with Crippen LogP contribution in [0.3, 0.4) is 0 Å². The molecule has 1 aliphatic carbocycles. The molecule has 9 heteroatoms.